The molecule has 1 unspecified atom stereocenters. The Morgan fingerprint density at radius 3 is 2.44 bits per heavy atom. The second kappa shape index (κ2) is 4.84. The molecular formula is C15H21N3. The molecule has 18 heavy (non-hydrogen) atoms. The fourth-order valence-electron chi connectivity index (χ4n) is 1.79. The first-order valence-electron chi connectivity index (χ1n) is 6.33. The van der Waals surface area contributed by atoms with Crippen LogP contribution in [0.2, 0.25) is 0 Å². The Morgan fingerprint density at radius 1 is 1.17 bits per heavy atom. The summed E-state index contributed by atoms with van der Waals surface area (Å²) in [4.78, 5) is 4.40. The number of nitrogens with one attached hydrogen (secondary N) is 1. The third kappa shape index (κ3) is 2.73. The molecule has 1 aromatic carbocycles. The van der Waals surface area contributed by atoms with Gasteiger partial charge in [-0.25, -0.2) is 4.98 Å². The summed E-state index contributed by atoms with van der Waals surface area (Å²) in [5, 5.41) is 3.36. The van der Waals surface area contributed by atoms with Gasteiger partial charge in [-0.05, 0) is 24.5 Å². The van der Waals surface area contributed by atoms with Gasteiger partial charge in [0.05, 0.1) is 0 Å². The van der Waals surface area contributed by atoms with Crippen molar-refractivity contribution in [1.82, 2.24) is 9.55 Å². The third-order valence-electron chi connectivity index (χ3n) is 3.37. The van der Waals surface area contributed by atoms with Gasteiger partial charge in [0.2, 0.25) is 5.95 Å². The number of anilines is 2. The van der Waals surface area contributed by atoms with Crippen LogP contribution in [-0.2, 0) is 0 Å². The highest BCUT2D eigenvalue weighted by Gasteiger charge is 2.23. The maximum Gasteiger partial charge on any atom is 0.207 e. The van der Waals surface area contributed by atoms with Crippen molar-refractivity contribution in [2.75, 3.05) is 5.32 Å². The summed E-state index contributed by atoms with van der Waals surface area (Å²) >= 11 is 0. The molecule has 2 rings (SSSR count). The maximum absolute atomic E-state index is 4.40. The average Bonchev–Trinajstić information content (AvgIpc) is 2.76. The lowest BCUT2D eigenvalue weighted by atomic mass is 9.88. The number of aromatic nitrogens is 2. The zero-order valence-corrected chi connectivity index (χ0v) is 11.5. The summed E-state index contributed by atoms with van der Waals surface area (Å²) in [6.45, 7) is 8.94. The minimum absolute atomic E-state index is 0.202. The van der Waals surface area contributed by atoms with Crippen molar-refractivity contribution in [1.29, 1.82) is 0 Å². The highest BCUT2D eigenvalue weighted by Crippen LogP contribution is 2.32. The predicted molar refractivity (Wildman–Crippen MR) is 76.1 cm³/mol. The summed E-state index contributed by atoms with van der Waals surface area (Å²) in [5.74, 6) is 0.892. The quantitative estimate of drug-likeness (QED) is 0.874. The van der Waals surface area contributed by atoms with Gasteiger partial charge in [0.15, 0.2) is 0 Å². The molecule has 0 saturated heterocycles. The number of hydrogen-bond acceptors (Lipinski definition) is 2. The van der Waals surface area contributed by atoms with Crippen molar-refractivity contribution in [2.45, 2.75) is 33.7 Å². The summed E-state index contributed by atoms with van der Waals surface area (Å²) < 4.78 is 2.19. The first-order chi connectivity index (χ1) is 8.48. The van der Waals surface area contributed by atoms with Crippen LogP contribution in [0.5, 0.6) is 0 Å². The first-order valence-corrected chi connectivity index (χ1v) is 6.33. The van der Waals surface area contributed by atoms with E-state index in [1.165, 1.54) is 0 Å². The zero-order chi connectivity index (χ0) is 13.2. The number of hydrogen-bond donors (Lipinski definition) is 1. The molecule has 0 fully saturated rings. The van der Waals surface area contributed by atoms with Gasteiger partial charge >= 0.3 is 0 Å². The minimum Gasteiger partial charge on any atom is -0.326 e. The second-order valence-electron chi connectivity index (χ2n) is 5.69. The van der Waals surface area contributed by atoms with Crippen LogP contribution >= 0.6 is 0 Å². The minimum atomic E-state index is 0.202. The van der Waals surface area contributed by atoms with Crippen LogP contribution in [0.25, 0.3) is 0 Å². The van der Waals surface area contributed by atoms with Crippen molar-refractivity contribution in [3.63, 3.8) is 0 Å². The van der Waals surface area contributed by atoms with Crippen molar-refractivity contribution >= 4 is 11.6 Å². The Labute approximate surface area is 109 Å². The summed E-state index contributed by atoms with van der Waals surface area (Å²) in [5.41, 5.74) is 1.26. The van der Waals surface area contributed by atoms with Crippen molar-refractivity contribution in [2.24, 2.45) is 5.41 Å². The van der Waals surface area contributed by atoms with E-state index >= 15 is 0 Å². The Bertz CT molecular complexity index is 494. The predicted octanol–water partition coefficient (Wildman–Crippen LogP) is 4.23. The zero-order valence-electron chi connectivity index (χ0n) is 11.5. The normalized spacial score (nSPS) is 13.3. The Balaban J connectivity index is 2.24. The van der Waals surface area contributed by atoms with Gasteiger partial charge in [-0.3, -0.25) is 0 Å². The van der Waals surface area contributed by atoms with Gasteiger partial charge in [0.1, 0.15) is 0 Å². The fourth-order valence-corrected chi connectivity index (χ4v) is 1.79. The van der Waals surface area contributed by atoms with E-state index < -0.39 is 0 Å². The molecule has 0 spiro atoms. The summed E-state index contributed by atoms with van der Waals surface area (Å²) in [7, 11) is 0. The van der Waals surface area contributed by atoms with Crippen LogP contribution in [0.4, 0.5) is 11.6 Å². The van der Waals surface area contributed by atoms with E-state index in [9.17, 15) is 0 Å². The van der Waals surface area contributed by atoms with Gasteiger partial charge < -0.3 is 9.88 Å². The largest absolute Gasteiger partial charge is 0.326 e. The maximum atomic E-state index is 4.40. The lowest BCUT2D eigenvalue weighted by molar-refractivity contribution is 0.265. The molecule has 3 nitrogen and oxygen atoms in total. The Kier molecular flexibility index (Phi) is 3.41. The van der Waals surface area contributed by atoms with E-state index in [0.717, 1.165) is 11.6 Å². The summed E-state index contributed by atoms with van der Waals surface area (Å²) in [6, 6.07) is 10.5. The number of imidazole rings is 1. The van der Waals surface area contributed by atoms with E-state index in [1.807, 2.05) is 42.7 Å². The number of benzene rings is 1. The smallest absolute Gasteiger partial charge is 0.207 e. The van der Waals surface area contributed by atoms with Crippen LogP contribution in [0.3, 0.4) is 0 Å². The standard InChI is InChI=1S/C15H21N3/c1-12(15(2,3)4)18-11-10-16-14(18)17-13-8-6-5-7-9-13/h5-12H,1-4H3,(H,16,17). The SMILES string of the molecule is CC(n1ccnc1Nc1ccccc1)C(C)(C)C. The molecule has 1 atom stereocenters. The number of para-hydroxylation sites is 1. The molecular weight excluding hydrogens is 222 g/mol. The van der Waals surface area contributed by atoms with Crippen molar-refractivity contribution in [3.8, 4) is 0 Å². The van der Waals surface area contributed by atoms with E-state index in [2.05, 4.69) is 42.6 Å². The van der Waals surface area contributed by atoms with E-state index in [-0.39, 0.29) is 5.41 Å². The molecule has 0 saturated carbocycles. The van der Waals surface area contributed by atoms with E-state index in [1.54, 1.807) is 0 Å². The molecule has 1 heterocycles. The van der Waals surface area contributed by atoms with Gasteiger partial charge in [-0.1, -0.05) is 39.0 Å². The van der Waals surface area contributed by atoms with Crippen LogP contribution < -0.4 is 5.32 Å². The molecule has 0 aliphatic heterocycles. The van der Waals surface area contributed by atoms with Crippen LogP contribution in [0.15, 0.2) is 42.7 Å². The van der Waals surface area contributed by atoms with Gasteiger partial charge in [-0.15, -0.1) is 0 Å². The molecule has 0 aliphatic rings. The summed E-state index contributed by atoms with van der Waals surface area (Å²) in [6.07, 6.45) is 3.87. The third-order valence-corrected chi connectivity index (χ3v) is 3.37. The topological polar surface area (TPSA) is 29.9 Å². The monoisotopic (exact) mass is 243 g/mol. The average molecular weight is 243 g/mol. The molecule has 0 bridgehead atoms. The van der Waals surface area contributed by atoms with Crippen molar-refractivity contribution < 1.29 is 0 Å². The molecule has 0 radical (unpaired) electrons. The van der Waals surface area contributed by atoms with E-state index in [0.29, 0.717) is 6.04 Å². The van der Waals surface area contributed by atoms with Gasteiger partial charge in [-0.2, -0.15) is 0 Å². The lowest BCUT2D eigenvalue weighted by Crippen LogP contribution is -2.22. The molecule has 2 aromatic rings. The van der Waals surface area contributed by atoms with Crippen LogP contribution in [0.1, 0.15) is 33.7 Å². The molecule has 1 N–H and O–H groups in total. The molecule has 0 amide bonds. The number of nitrogens with zero attached hydrogens (tertiary/aromatic N) is 2. The highest BCUT2D eigenvalue weighted by molar-refractivity contribution is 5.53. The first kappa shape index (κ1) is 12.7. The van der Waals surface area contributed by atoms with Crippen LogP contribution in [-0.4, -0.2) is 9.55 Å². The number of rotatable bonds is 3. The van der Waals surface area contributed by atoms with Gasteiger partial charge in [0.25, 0.3) is 0 Å². The van der Waals surface area contributed by atoms with Gasteiger partial charge in [0, 0.05) is 24.1 Å². The molecule has 3 heteroatoms. The van der Waals surface area contributed by atoms with E-state index in [4.69, 9.17) is 0 Å². The Morgan fingerprint density at radius 2 is 1.83 bits per heavy atom. The second-order valence-corrected chi connectivity index (χ2v) is 5.69. The van der Waals surface area contributed by atoms with Crippen LogP contribution in [0, 0.1) is 5.41 Å². The fraction of sp³-hybridized carbons (Fsp3) is 0.400. The highest BCUT2D eigenvalue weighted by atomic mass is 15.2. The van der Waals surface area contributed by atoms with Crippen molar-refractivity contribution in [3.05, 3.63) is 42.7 Å². The molecule has 1 aromatic heterocycles. The molecule has 96 valence electrons. The molecule has 0 aliphatic carbocycles. The lowest BCUT2D eigenvalue weighted by Gasteiger charge is -2.29. The Hall–Kier alpha value is -1.77.